The van der Waals surface area contributed by atoms with Gasteiger partial charge in [-0.1, -0.05) is 0 Å². The maximum Gasteiger partial charge on any atom is 0.261 e. The van der Waals surface area contributed by atoms with Crippen molar-refractivity contribution in [2.75, 3.05) is 38.2 Å². The van der Waals surface area contributed by atoms with Gasteiger partial charge in [0.25, 0.3) is 5.91 Å². The monoisotopic (exact) mass is 351 g/mol. The number of aryl methyl sites for hydroxylation is 1. The fourth-order valence-electron chi connectivity index (χ4n) is 2.81. The number of ether oxygens (including phenoxy) is 1. The Hall–Kier alpha value is -1.44. The van der Waals surface area contributed by atoms with Crippen molar-refractivity contribution < 1.29 is 14.3 Å². The fourth-order valence-corrected chi connectivity index (χ4v) is 3.80. The number of carbonyl (C=O) groups is 2. The highest BCUT2D eigenvalue weighted by Crippen LogP contribution is 2.32. The van der Waals surface area contributed by atoms with Crippen LogP contribution in [0.1, 0.15) is 35.0 Å². The summed E-state index contributed by atoms with van der Waals surface area (Å²) in [6.07, 6.45) is 1.95. The second kappa shape index (κ2) is 7.63. The largest absolute Gasteiger partial charge is 0.379 e. The summed E-state index contributed by atoms with van der Waals surface area (Å²) < 4.78 is 5.35. The lowest BCUT2D eigenvalue weighted by Gasteiger charge is -2.32. The summed E-state index contributed by atoms with van der Waals surface area (Å²) in [4.78, 5) is 27.3. The van der Waals surface area contributed by atoms with E-state index in [-0.39, 0.29) is 23.8 Å². The van der Waals surface area contributed by atoms with E-state index in [0.717, 1.165) is 49.7 Å². The van der Waals surface area contributed by atoms with E-state index in [2.05, 4.69) is 22.5 Å². The Morgan fingerprint density at radius 1 is 1.38 bits per heavy atom. The molecule has 2 heterocycles. The van der Waals surface area contributed by atoms with Gasteiger partial charge in [-0.25, -0.2) is 0 Å². The first-order valence-electron chi connectivity index (χ1n) is 8.56. The van der Waals surface area contributed by atoms with Crippen LogP contribution in [0.3, 0.4) is 0 Å². The Morgan fingerprint density at radius 3 is 2.75 bits per heavy atom. The van der Waals surface area contributed by atoms with Gasteiger partial charge in [-0.05, 0) is 38.3 Å². The summed E-state index contributed by atoms with van der Waals surface area (Å²) in [5.74, 6) is 0.174. The Balaban J connectivity index is 1.52. The Morgan fingerprint density at radius 2 is 2.08 bits per heavy atom. The molecule has 2 N–H and O–H groups in total. The second-order valence-corrected chi connectivity index (χ2v) is 7.65. The molecule has 1 saturated carbocycles. The minimum atomic E-state index is -0.0652. The van der Waals surface area contributed by atoms with Crippen LogP contribution >= 0.6 is 11.3 Å². The van der Waals surface area contributed by atoms with E-state index in [0.29, 0.717) is 11.4 Å². The van der Waals surface area contributed by atoms with Crippen molar-refractivity contribution in [1.82, 2.24) is 10.2 Å². The third kappa shape index (κ3) is 4.34. The average Bonchev–Trinajstić information content (AvgIpc) is 3.37. The van der Waals surface area contributed by atoms with Crippen LogP contribution in [0.5, 0.6) is 0 Å². The molecule has 0 radical (unpaired) electrons. The van der Waals surface area contributed by atoms with E-state index in [1.807, 2.05) is 13.0 Å². The number of nitrogens with zero attached hydrogens (tertiary/aromatic N) is 1. The Kier molecular flexibility index (Phi) is 5.53. The number of rotatable bonds is 6. The van der Waals surface area contributed by atoms with Gasteiger partial charge in [0.2, 0.25) is 5.91 Å². The van der Waals surface area contributed by atoms with Crippen LogP contribution in [-0.4, -0.2) is 55.6 Å². The first-order chi connectivity index (χ1) is 11.5. The molecular formula is C17H25N3O3S. The molecule has 1 aromatic rings. The van der Waals surface area contributed by atoms with Crippen LogP contribution < -0.4 is 10.6 Å². The molecule has 1 aliphatic heterocycles. The zero-order valence-electron chi connectivity index (χ0n) is 14.3. The molecule has 24 heavy (non-hydrogen) atoms. The van der Waals surface area contributed by atoms with Gasteiger partial charge < -0.3 is 15.4 Å². The molecule has 1 atom stereocenters. The maximum atomic E-state index is 12.4. The number of amides is 2. The van der Waals surface area contributed by atoms with Crippen molar-refractivity contribution in [1.29, 1.82) is 0 Å². The van der Waals surface area contributed by atoms with Crippen LogP contribution in [0, 0.1) is 12.8 Å². The molecular weight excluding hydrogens is 326 g/mol. The third-order valence-corrected chi connectivity index (χ3v) is 5.70. The zero-order chi connectivity index (χ0) is 17.1. The zero-order valence-corrected chi connectivity index (χ0v) is 15.1. The highest BCUT2D eigenvalue weighted by atomic mass is 32.1. The predicted octanol–water partition coefficient (Wildman–Crippen LogP) is 1.86. The lowest BCUT2D eigenvalue weighted by atomic mass is 10.2. The smallest absolute Gasteiger partial charge is 0.261 e. The van der Waals surface area contributed by atoms with Crippen LogP contribution in [0.2, 0.25) is 0 Å². The van der Waals surface area contributed by atoms with E-state index < -0.39 is 0 Å². The van der Waals surface area contributed by atoms with Crippen LogP contribution in [-0.2, 0) is 9.53 Å². The number of anilines is 1. The molecule has 132 valence electrons. The molecule has 0 aromatic carbocycles. The highest BCUT2D eigenvalue weighted by Gasteiger charge is 2.30. The number of carbonyl (C=O) groups excluding carboxylic acids is 2. The Bertz CT molecular complexity index is 606. The van der Waals surface area contributed by atoms with Gasteiger partial charge in [-0.15, -0.1) is 11.3 Å². The molecule has 6 nitrogen and oxygen atoms in total. The van der Waals surface area contributed by atoms with E-state index in [4.69, 9.17) is 4.74 Å². The standard InChI is InChI=1S/C17H25N3O3S/c1-11-9-14(19-16(21)13-3-4-13)24-15(11)17(22)18-10-12(2)20-5-7-23-8-6-20/h9,12-13H,3-8,10H2,1-2H3,(H,18,22)(H,19,21). The van der Waals surface area contributed by atoms with Gasteiger partial charge in [-0.2, -0.15) is 0 Å². The quantitative estimate of drug-likeness (QED) is 0.821. The van der Waals surface area contributed by atoms with Gasteiger partial charge in [-0.3, -0.25) is 14.5 Å². The molecule has 1 aromatic heterocycles. The van der Waals surface area contributed by atoms with Gasteiger partial charge in [0.15, 0.2) is 0 Å². The summed E-state index contributed by atoms with van der Waals surface area (Å²) >= 11 is 1.35. The summed E-state index contributed by atoms with van der Waals surface area (Å²) in [7, 11) is 0. The van der Waals surface area contributed by atoms with Crippen molar-refractivity contribution in [3.63, 3.8) is 0 Å². The molecule has 0 spiro atoms. The molecule has 2 aliphatic rings. The number of hydrogen-bond donors (Lipinski definition) is 2. The van der Waals surface area contributed by atoms with Crippen molar-refractivity contribution in [2.45, 2.75) is 32.7 Å². The molecule has 1 aliphatic carbocycles. The third-order valence-electron chi connectivity index (χ3n) is 4.55. The van der Waals surface area contributed by atoms with Gasteiger partial charge in [0.05, 0.1) is 23.1 Å². The lowest BCUT2D eigenvalue weighted by Crippen LogP contribution is -2.47. The molecule has 3 rings (SSSR count). The first-order valence-corrected chi connectivity index (χ1v) is 9.37. The summed E-state index contributed by atoms with van der Waals surface area (Å²) in [6, 6.07) is 2.16. The normalized spacial score (nSPS) is 19.8. The van der Waals surface area contributed by atoms with Crippen LogP contribution in [0.25, 0.3) is 0 Å². The fraction of sp³-hybridized carbons (Fsp3) is 0.647. The first kappa shape index (κ1) is 17.4. The van der Waals surface area contributed by atoms with Crippen molar-refractivity contribution in [2.24, 2.45) is 5.92 Å². The summed E-state index contributed by atoms with van der Waals surface area (Å²) in [6.45, 7) is 7.97. The van der Waals surface area contributed by atoms with Gasteiger partial charge in [0, 0.05) is 31.6 Å². The molecule has 2 fully saturated rings. The second-order valence-electron chi connectivity index (χ2n) is 6.59. The van der Waals surface area contributed by atoms with E-state index in [1.54, 1.807) is 0 Å². The van der Waals surface area contributed by atoms with Crippen LogP contribution in [0.15, 0.2) is 6.07 Å². The average molecular weight is 351 g/mol. The SMILES string of the molecule is Cc1cc(NC(=O)C2CC2)sc1C(=O)NCC(C)N1CCOCC1. The van der Waals surface area contributed by atoms with E-state index in [9.17, 15) is 9.59 Å². The predicted molar refractivity (Wildman–Crippen MR) is 94.6 cm³/mol. The van der Waals surface area contributed by atoms with E-state index in [1.165, 1.54) is 11.3 Å². The molecule has 1 saturated heterocycles. The highest BCUT2D eigenvalue weighted by molar-refractivity contribution is 7.18. The van der Waals surface area contributed by atoms with Crippen LogP contribution in [0.4, 0.5) is 5.00 Å². The molecule has 0 bridgehead atoms. The van der Waals surface area contributed by atoms with Crippen molar-refractivity contribution in [3.05, 3.63) is 16.5 Å². The number of hydrogen-bond acceptors (Lipinski definition) is 5. The lowest BCUT2D eigenvalue weighted by molar-refractivity contribution is -0.117. The van der Waals surface area contributed by atoms with Gasteiger partial charge >= 0.3 is 0 Å². The number of nitrogens with one attached hydrogen (secondary N) is 2. The van der Waals surface area contributed by atoms with Crippen molar-refractivity contribution in [3.8, 4) is 0 Å². The number of morpholine rings is 1. The summed E-state index contributed by atoms with van der Waals surface area (Å²) in [5, 5.41) is 6.69. The minimum Gasteiger partial charge on any atom is -0.379 e. The molecule has 7 heteroatoms. The molecule has 2 amide bonds. The van der Waals surface area contributed by atoms with Gasteiger partial charge in [0.1, 0.15) is 0 Å². The van der Waals surface area contributed by atoms with Crippen molar-refractivity contribution >= 4 is 28.2 Å². The topological polar surface area (TPSA) is 70.7 Å². The Labute approximate surface area is 146 Å². The summed E-state index contributed by atoms with van der Waals surface area (Å²) in [5.41, 5.74) is 0.905. The minimum absolute atomic E-state index is 0.0652. The van der Waals surface area contributed by atoms with E-state index >= 15 is 0 Å². The maximum absolute atomic E-state index is 12.4. The molecule has 1 unspecified atom stereocenters. The number of thiophene rings is 1.